The SMILES string of the molecule is COc1cc(CNC(=O)C[NH+](C)Cc2cccc(Cl)c2)cc(OC)c1OC. The third-order valence-corrected chi connectivity index (χ3v) is 4.31. The Labute approximate surface area is 165 Å². The van der Waals surface area contributed by atoms with E-state index in [4.69, 9.17) is 25.8 Å². The fourth-order valence-corrected chi connectivity index (χ4v) is 3.05. The largest absolute Gasteiger partial charge is 0.493 e. The Balaban J connectivity index is 1.93. The molecule has 2 aromatic carbocycles. The minimum atomic E-state index is -0.0386. The van der Waals surface area contributed by atoms with Crippen molar-refractivity contribution in [1.82, 2.24) is 5.32 Å². The molecule has 1 unspecified atom stereocenters. The van der Waals surface area contributed by atoms with Crippen LogP contribution >= 0.6 is 11.6 Å². The molecule has 0 bridgehead atoms. The van der Waals surface area contributed by atoms with E-state index in [1.54, 1.807) is 21.3 Å². The number of quaternary nitrogens is 1. The van der Waals surface area contributed by atoms with Crippen molar-refractivity contribution in [3.63, 3.8) is 0 Å². The Morgan fingerprint density at radius 2 is 1.70 bits per heavy atom. The number of hydrogen-bond donors (Lipinski definition) is 2. The number of methoxy groups -OCH3 is 3. The molecule has 0 heterocycles. The summed E-state index contributed by atoms with van der Waals surface area (Å²) >= 11 is 6.00. The van der Waals surface area contributed by atoms with Gasteiger partial charge in [0.25, 0.3) is 5.91 Å². The van der Waals surface area contributed by atoms with Crippen LogP contribution in [0, 0.1) is 0 Å². The number of amides is 1. The molecule has 146 valence electrons. The van der Waals surface area contributed by atoms with Gasteiger partial charge in [0.05, 0.1) is 28.4 Å². The molecule has 0 aliphatic carbocycles. The maximum atomic E-state index is 12.3. The zero-order valence-electron chi connectivity index (χ0n) is 16.1. The van der Waals surface area contributed by atoms with Crippen LogP contribution in [-0.2, 0) is 17.9 Å². The molecular formula is C20H26ClN2O4+. The van der Waals surface area contributed by atoms with Gasteiger partial charge >= 0.3 is 0 Å². The van der Waals surface area contributed by atoms with Crippen LogP contribution in [-0.4, -0.2) is 40.8 Å². The molecule has 0 fully saturated rings. The van der Waals surface area contributed by atoms with E-state index in [1.165, 1.54) is 0 Å². The number of rotatable bonds is 9. The average Bonchev–Trinajstić information content (AvgIpc) is 2.65. The van der Waals surface area contributed by atoms with Gasteiger partial charge in [0.2, 0.25) is 5.75 Å². The quantitative estimate of drug-likeness (QED) is 0.680. The Bertz CT molecular complexity index is 757. The van der Waals surface area contributed by atoms with Crippen LogP contribution in [0.1, 0.15) is 11.1 Å². The maximum absolute atomic E-state index is 12.3. The van der Waals surface area contributed by atoms with Gasteiger partial charge < -0.3 is 24.4 Å². The Kier molecular flexibility index (Phi) is 7.76. The molecule has 0 radical (unpaired) electrons. The first kappa shape index (κ1) is 20.9. The van der Waals surface area contributed by atoms with Crippen molar-refractivity contribution in [2.45, 2.75) is 13.1 Å². The van der Waals surface area contributed by atoms with Gasteiger partial charge in [0.15, 0.2) is 18.0 Å². The highest BCUT2D eigenvalue weighted by Crippen LogP contribution is 2.38. The van der Waals surface area contributed by atoms with E-state index in [1.807, 2.05) is 43.4 Å². The third-order valence-electron chi connectivity index (χ3n) is 4.07. The van der Waals surface area contributed by atoms with Crippen molar-refractivity contribution in [3.8, 4) is 17.2 Å². The molecule has 1 atom stereocenters. The summed E-state index contributed by atoms with van der Waals surface area (Å²) in [7, 11) is 6.65. The summed E-state index contributed by atoms with van der Waals surface area (Å²) in [6.45, 7) is 1.45. The predicted octanol–water partition coefficient (Wildman–Crippen LogP) is 1.70. The standard InChI is InChI=1S/C20H25ClN2O4/c1-23(12-14-6-5-7-16(21)8-14)13-19(24)22-11-15-9-17(25-2)20(27-4)18(10-15)26-3/h5-10H,11-13H2,1-4H3,(H,22,24)/p+1. The van der Waals surface area contributed by atoms with E-state index < -0.39 is 0 Å². The van der Waals surface area contributed by atoms with Gasteiger partial charge in [-0.25, -0.2) is 0 Å². The lowest BCUT2D eigenvalue weighted by Gasteiger charge is -2.16. The monoisotopic (exact) mass is 393 g/mol. The van der Waals surface area contributed by atoms with Gasteiger partial charge in [0.1, 0.15) is 6.54 Å². The Morgan fingerprint density at radius 1 is 1.04 bits per heavy atom. The molecule has 7 heteroatoms. The second-order valence-electron chi connectivity index (χ2n) is 6.25. The van der Waals surface area contributed by atoms with Crippen LogP contribution in [0.2, 0.25) is 5.02 Å². The van der Waals surface area contributed by atoms with Gasteiger partial charge in [-0.3, -0.25) is 4.79 Å². The van der Waals surface area contributed by atoms with Crippen LogP contribution in [0.25, 0.3) is 0 Å². The van der Waals surface area contributed by atoms with E-state index in [2.05, 4.69) is 5.32 Å². The van der Waals surface area contributed by atoms with Crippen molar-refractivity contribution in [1.29, 1.82) is 0 Å². The number of carbonyl (C=O) groups is 1. The van der Waals surface area contributed by atoms with Gasteiger partial charge in [-0.15, -0.1) is 0 Å². The lowest BCUT2D eigenvalue weighted by Crippen LogP contribution is -3.08. The number of ether oxygens (including phenoxy) is 3. The molecule has 0 aliphatic heterocycles. The van der Waals surface area contributed by atoms with Crippen LogP contribution in [0.15, 0.2) is 36.4 Å². The van der Waals surface area contributed by atoms with Gasteiger partial charge in [0, 0.05) is 17.1 Å². The van der Waals surface area contributed by atoms with Gasteiger partial charge in [-0.1, -0.05) is 23.7 Å². The van der Waals surface area contributed by atoms with Gasteiger partial charge in [-0.2, -0.15) is 0 Å². The highest BCUT2D eigenvalue weighted by Gasteiger charge is 2.15. The second kappa shape index (κ2) is 10.0. The van der Waals surface area contributed by atoms with Crippen molar-refractivity contribution in [3.05, 3.63) is 52.5 Å². The highest BCUT2D eigenvalue weighted by atomic mass is 35.5. The van der Waals surface area contributed by atoms with E-state index in [0.717, 1.165) is 22.6 Å². The van der Waals surface area contributed by atoms with E-state index >= 15 is 0 Å². The molecule has 2 aromatic rings. The molecule has 0 saturated carbocycles. The zero-order valence-corrected chi connectivity index (χ0v) is 16.9. The van der Waals surface area contributed by atoms with Crippen LogP contribution in [0.4, 0.5) is 0 Å². The molecule has 0 aliphatic rings. The molecule has 1 amide bonds. The number of carbonyl (C=O) groups excluding carboxylic acids is 1. The van der Waals surface area contributed by atoms with Crippen molar-refractivity contribution < 1.29 is 23.9 Å². The Hall–Kier alpha value is -2.44. The number of likely N-dealkylation sites (N-methyl/N-ethyl adjacent to an activating group) is 1. The van der Waals surface area contributed by atoms with E-state index in [-0.39, 0.29) is 5.91 Å². The van der Waals surface area contributed by atoms with E-state index in [0.29, 0.717) is 35.4 Å². The number of halogens is 1. The molecule has 0 saturated heterocycles. The van der Waals surface area contributed by atoms with Crippen molar-refractivity contribution >= 4 is 17.5 Å². The first-order valence-electron chi connectivity index (χ1n) is 8.58. The summed E-state index contributed by atoms with van der Waals surface area (Å²) < 4.78 is 16.0. The van der Waals surface area contributed by atoms with Crippen molar-refractivity contribution in [2.75, 3.05) is 34.9 Å². The predicted molar refractivity (Wildman–Crippen MR) is 105 cm³/mol. The summed E-state index contributed by atoms with van der Waals surface area (Å²) in [6, 6.07) is 11.3. The molecule has 27 heavy (non-hydrogen) atoms. The third kappa shape index (κ3) is 6.05. The first-order valence-corrected chi connectivity index (χ1v) is 8.96. The van der Waals surface area contributed by atoms with Gasteiger partial charge in [-0.05, 0) is 29.8 Å². The summed E-state index contributed by atoms with van der Waals surface area (Å²) in [6.07, 6.45) is 0. The van der Waals surface area contributed by atoms with Crippen LogP contribution in [0.5, 0.6) is 17.2 Å². The molecule has 2 rings (SSSR count). The summed E-state index contributed by atoms with van der Waals surface area (Å²) in [5.74, 6) is 1.61. The lowest BCUT2D eigenvalue weighted by molar-refractivity contribution is -0.885. The van der Waals surface area contributed by atoms with E-state index in [9.17, 15) is 4.79 Å². The topological polar surface area (TPSA) is 61.2 Å². The number of nitrogens with one attached hydrogen (secondary N) is 2. The zero-order chi connectivity index (χ0) is 19.8. The Morgan fingerprint density at radius 3 is 2.26 bits per heavy atom. The molecule has 2 N–H and O–H groups in total. The fraction of sp³-hybridized carbons (Fsp3) is 0.350. The first-order chi connectivity index (χ1) is 13.0. The number of hydrogen-bond acceptors (Lipinski definition) is 4. The summed E-state index contributed by atoms with van der Waals surface area (Å²) in [5.41, 5.74) is 1.96. The minimum absolute atomic E-state index is 0.0386. The lowest BCUT2D eigenvalue weighted by atomic mass is 10.1. The normalized spacial score (nSPS) is 11.6. The van der Waals surface area contributed by atoms with Crippen LogP contribution < -0.4 is 24.4 Å². The maximum Gasteiger partial charge on any atom is 0.275 e. The minimum Gasteiger partial charge on any atom is -0.493 e. The highest BCUT2D eigenvalue weighted by molar-refractivity contribution is 6.30. The summed E-state index contributed by atoms with van der Waals surface area (Å²) in [5, 5.41) is 3.63. The molecule has 0 aromatic heterocycles. The smallest absolute Gasteiger partial charge is 0.275 e. The molecule has 6 nitrogen and oxygen atoms in total. The van der Waals surface area contributed by atoms with Crippen LogP contribution in [0.3, 0.4) is 0 Å². The fourth-order valence-electron chi connectivity index (χ4n) is 2.83. The molecule has 0 spiro atoms. The summed E-state index contributed by atoms with van der Waals surface area (Å²) in [4.78, 5) is 13.3. The average molecular weight is 394 g/mol. The number of benzene rings is 2. The molecular weight excluding hydrogens is 368 g/mol. The van der Waals surface area contributed by atoms with Crippen molar-refractivity contribution in [2.24, 2.45) is 0 Å². The second-order valence-corrected chi connectivity index (χ2v) is 6.69.